The molecule has 0 aromatic carbocycles. The van der Waals surface area contributed by atoms with Crippen LogP contribution >= 0.6 is 8.44 Å². The molecule has 0 rings (SSSR count). The molecule has 0 aromatic rings. The Morgan fingerprint density at radius 1 is 1.22 bits per heavy atom. The molecule has 0 fully saturated rings. The Hall–Kier alpha value is 0.290. The molecule has 0 saturated heterocycles. The summed E-state index contributed by atoms with van der Waals surface area (Å²) in [5, 5.41) is 0. The first-order valence-corrected chi connectivity index (χ1v) is 6.57. The molecular formula is CH6NO4PS2. The van der Waals surface area contributed by atoms with Gasteiger partial charge in [-0.25, -0.2) is 16.8 Å². The van der Waals surface area contributed by atoms with Gasteiger partial charge < -0.3 is 0 Å². The highest BCUT2D eigenvalue weighted by Gasteiger charge is 2.08. The van der Waals surface area contributed by atoms with Crippen molar-refractivity contribution in [3.05, 3.63) is 0 Å². The highest BCUT2D eigenvalue weighted by Crippen LogP contribution is 1.95. The largest absolute Gasteiger partial charge is 0.235 e. The van der Waals surface area contributed by atoms with E-state index in [2.05, 4.69) is 0 Å². The van der Waals surface area contributed by atoms with Crippen molar-refractivity contribution in [2.45, 2.75) is 0 Å². The Morgan fingerprint density at radius 3 is 1.56 bits per heavy atom. The van der Waals surface area contributed by atoms with E-state index in [9.17, 15) is 16.8 Å². The number of nitrogens with one attached hydrogen (secondary N) is 1. The third-order valence-electron chi connectivity index (χ3n) is 0.268. The quantitative estimate of drug-likeness (QED) is 0.547. The fourth-order valence-electron chi connectivity index (χ4n) is 0.211. The van der Waals surface area contributed by atoms with Crippen molar-refractivity contribution in [1.29, 1.82) is 0 Å². The Morgan fingerprint density at radius 2 is 1.56 bits per heavy atom. The molecule has 1 unspecified atom stereocenters. The fourth-order valence-corrected chi connectivity index (χ4v) is 3.47. The van der Waals surface area contributed by atoms with Crippen LogP contribution in [-0.2, 0) is 19.7 Å². The molecule has 1 N–H and O–H groups in total. The van der Waals surface area contributed by atoms with Crippen LogP contribution in [0, 0.1) is 0 Å². The van der Waals surface area contributed by atoms with E-state index in [1.165, 1.54) is 12.6 Å². The van der Waals surface area contributed by atoms with Crippen LogP contribution in [0.15, 0.2) is 0 Å². The maximum Gasteiger partial charge on any atom is 0.235 e. The minimum atomic E-state index is -3.70. The van der Waals surface area contributed by atoms with E-state index in [0.29, 0.717) is 0 Å². The molecule has 5 nitrogen and oxygen atoms in total. The van der Waals surface area contributed by atoms with Crippen LogP contribution < -0.4 is 4.13 Å². The molecule has 1 atom stereocenters. The van der Waals surface area contributed by atoms with Crippen molar-refractivity contribution < 1.29 is 16.8 Å². The Balaban J connectivity index is 4.46. The lowest BCUT2D eigenvalue weighted by Crippen LogP contribution is -2.24. The lowest BCUT2D eigenvalue weighted by molar-refractivity contribution is 0.588. The van der Waals surface area contributed by atoms with Crippen LogP contribution in [0.5, 0.6) is 0 Å². The van der Waals surface area contributed by atoms with Crippen LogP contribution in [0.3, 0.4) is 0 Å². The van der Waals surface area contributed by atoms with E-state index in [0.717, 1.165) is 6.26 Å². The van der Waals surface area contributed by atoms with E-state index >= 15 is 0 Å². The van der Waals surface area contributed by atoms with Gasteiger partial charge in [0.05, 0.1) is 6.26 Å². The van der Waals surface area contributed by atoms with Gasteiger partial charge in [-0.3, -0.25) is 0 Å². The molecule has 0 heterocycles. The Kier molecular flexibility index (Phi) is 2.57. The van der Waals surface area contributed by atoms with Crippen LogP contribution in [0.2, 0.25) is 0 Å². The average Bonchev–Trinajstić information content (AvgIpc) is 1.14. The maximum atomic E-state index is 10.1. The second kappa shape index (κ2) is 2.49. The van der Waals surface area contributed by atoms with Crippen molar-refractivity contribution in [2.75, 3.05) is 6.26 Å². The minimum Gasteiger partial charge on any atom is -0.212 e. The summed E-state index contributed by atoms with van der Waals surface area (Å²) in [6.07, 6.45) is 0.759. The van der Waals surface area contributed by atoms with E-state index in [1.807, 2.05) is 0 Å². The standard InChI is InChI=1S/CH6NO4PS2/c1-8(3,4)2-9(5,6)7/h2H,7H2,1H3. The summed E-state index contributed by atoms with van der Waals surface area (Å²) in [7, 11) is -5.98. The second-order valence-electron chi connectivity index (χ2n) is 1.40. The highest BCUT2D eigenvalue weighted by molar-refractivity contribution is 8.39. The third kappa shape index (κ3) is 8.29. The predicted octanol–water partition coefficient (Wildman–Crippen LogP) is -1.34. The zero-order valence-electron chi connectivity index (χ0n) is 4.53. The van der Waals surface area contributed by atoms with Gasteiger partial charge in [0.1, 0.15) is 0 Å². The Bertz CT molecular complexity index is 244. The number of sulfonamides is 1. The summed E-state index contributed by atoms with van der Waals surface area (Å²) < 4.78 is 41.9. The van der Waals surface area contributed by atoms with Crippen LogP contribution in [0.4, 0.5) is 0 Å². The summed E-state index contributed by atoms with van der Waals surface area (Å²) >= 11 is 0. The van der Waals surface area contributed by atoms with Crippen molar-refractivity contribution in [3.63, 3.8) is 0 Å². The zero-order valence-corrected chi connectivity index (χ0v) is 7.31. The lowest BCUT2D eigenvalue weighted by atomic mass is 12.0. The van der Waals surface area contributed by atoms with Crippen molar-refractivity contribution in [2.24, 2.45) is 0 Å². The molecule has 9 heavy (non-hydrogen) atoms. The summed E-state index contributed by atoms with van der Waals surface area (Å²) in [6.45, 7) is 0. The molecule has 0 bridgehead atoms. The molecule has 8 heteroatoms. The van der Waals surface area contributed by atoms with E-state index < -0.39 is 19.7 Å². The van der Waals surface area contributed by atoms with Gasteiger partial charge in [-0.15, -0.1) is 4.13 Å². The molecule has 56 valence electrons. The van der Waals surface area contributed by atoms with Gasteiger partial charge in [-0.2, -0.15) is 0 Å². The molecule has 0 aromatic heterocycles. The fraction of sp³-hybridized carbons (Fsp3) is 1.00. The van der Waals surface area contributed by atoms with Gasteiger partial charge in [0.2, 0.25) is 19.7 Å². The lowest BCUT2D eigenvalue weighted by Gasteiger charge is -1.94. The van der Waals surface area contributed by atoms with Crippen LogP contribution in [0.1, 0.15) is 0 Å². The number of rotatable bonds is 2. The maximum absolute atomic E-state index is 10.1. The zero-order chi connectivity index (χ0) is 7.71. The summed E-state index contributed by atoms with van der Waals surface area (Å²) in [5.41, 5.74) is 0. The van der Waals surface area contributed by atoms with E-state index in [1.54, 1.807) is 0 Å². The van der Waals surface area contributed by atoms with E-state index in [4.69, 9.17) is 0 Å². The smallest absolute Gasteiger partial charge is 0.212 e. The first kappa shape index (κ1) is 9.29. The third-order valence-corrected chi connectivity index (χ3v) is 3.27. The van der Waals surface area contributed by atoms with Gasteiger partial charge in [-0.05, 0) is 0 Å². The highest BCUT2D eigenvalue weighted by atomic mass is 32.7. The summed E-state index contributed by atoms with van der Waals surface area (Å²) in [5.74, 6) is 0. The normalized spacial score (nSPS) is 13.6. The topological polar surface area (TPSA) is 80.3 Å². The molecule has 0 aliphatic rings. The van der Waals surface area contributed by atoms with Gasteiger partial charge in [0.15, 0.2) is 0 Å². The van der Waals surface area contributed by atoms with Gasteiger partial charge in [0.25, 0.3) is 0 Å². The monoisotopic (exact) mass is 191 g/mol. The molecule has 0 aliphatic carbocycles. The predicted molar refractivity (Wildman–Crippen MR) is 36.6 cm³/mol. The number of hydrogen-bond donors (Lipinski definition) is 1. The van der Waals surface area contributed by atoms with Gasteiger partial charge in [-0.1, -0.05) is 0 Å². The van der Waals surface area contributed by atoms with Crippen molar-refractivity contribution >= 4 is 28.1 Å². The van der Waals surface area contributed by atoms with Gasteiger partial charge >= 0.3 is 0 Å². The first-order valence-electron chi connectivity index (χ1n) is 1.72. The second-order valence-corrected chi connectivity index (χ2v) is 6.56. The minimum absolute atomic E-state index is 0.759. The molecule has 0 spiro atoms. The van der Waals surface area contributed by atoms with Crippen LogP contribution in [0.25, 0.3) is 0 Å². The summed E-state index contributed by atoms with van der Waals surface area (Å²) in [6, 6.07) is 0. The SMILES string of the molecule is CS(=O)(=O)NS(=O)(=O)P. The molecular weight excluding hydrogens is 185 g/mol. The van der Waals surface area contributed by atoms with Crippen LogP contribution in [-0.4, -0.2) is 23.1 Å². The van der Waals surface area contributed by atoms with Crippen molar-refractivity contribution in [3.8, 4) is 0 Å². The van der Waals surface area contributed by atoms with Gasteiger partial charge in [0, 0.05) is 8.44 Å². The molecule has 0 radical (unpaired) electrons. The van der Waals surface area contributed by atoms with Crippen molar-refractivity contribution in [1.82, 2.24) is 4.13 Å². The average molecular weight is 191 g/mol. The summed E-state index contributed by atoms with van der Waals surface area (Å²) in [4.78, 5) is 0. The molecule has 0 aliphatic heterocycles. The van der Waals surface area contributed by atoms with E-state index in [-0.39, 0.29) is 0 Å². The first-order chi connectivity index (χ1) is 3.71. The molecule has 0 saturated carbocycles. The number of hydrogen-bond acceptors (Lipinski definition) is 4. The Labute approximate surface area is 55.9 Å². The molecule has 0 amide bonds.